The van der Waals surface area contributed by atoms with E-state index in [2.05, 4.69) is 15.6 Å². The zero-order valence-corrected chi connectivity index (χ0v) is 19.5. The number of aliphatic carboxylic acids is 1. The molecular formula is C26H34N4O4. The van der Waals surface area contributed by atoms with Crippen molar-refractivity contribution in [2.75, 3.05) is 26.2 Å². The van der Waals surface area contributed by atoms with Gasteiger partial charge in [-0.15, -0.1) is 0 Å². The molecule has 2 saturated heterocycles. The first-order valence-corrected chi connectivity index (χ1v) is 12.3. The van der Waals surface area contributed by atoms with Crippen molar-refractivity contribution in [1.29, 1.82) is 0 Å². The van der Waals surface area contributed by atoms with Crippen LogP contribution >= 0.6 is 0 Å². The Morgan fingerprint density at radius 2 is 1.97 bits per heavy atom. The van der Waals surface area contributed by atoms with Gasteiger partial charge in [0.15, 0.2) is 0 Å². The van der Waals surface area contributed by atoms with Gasteiger partial charge in [-0.25, -0.2) is 0 Å². The molecule has 3 heterocycles. The van der Waals surface area contributed by atoms with Crippen LogP contribution in [0.3, 0.4) is 0 Å². The van der Waals surface area contributed by atoms with Gasteiger partial charge in [0.1, 0.15) is 0 Å². The Bertz CT molecular complexity index is 1020. The predicted molar refractivity (Wildman–Crippen MR) is 129 cm³/mol. The number of para-hydroxylation sites is 1. The first kappa shape index (κ1) is 24.1. The number of carbonyl (C=O) groups excluding carboxylic acids is 2. The maximum Gasteiger partial charge on any atom is 0.305 e. The van der Waals surface area contributed by atoms with Crippen LogP contribution in [0, 0.1) is 11.8 Å². The minimum atomic E-state index is -0.989. The van der Waals surface area contributed by atoms with E-state index < -0.39 is 12.0 Å². The Kier molecular flexibility index (Phi) is 8.11. The van der Waals surface area contributed by atoms with Gasteiger partial charge in [-0.2, -0.15) is 0 Å². The number of aromatic nitrogens is 1. The molecule has 8 nitrogen and oxygen atoms in total. The Labute approximate surface area is 200 Å². The molecule has 2 aliphatic heterocycles. The minimum Gasteiger partial charge on any atom is -0.481 e. The molecule has 0 radical (unpaired) electrons. The summed E-state index contributed by atoms with van der Waals surface area (Å²) >= 11 is 0. The number of likely N-dealkylation sites (tertiary alicyclic amines) is 1. The highest BCUT2D eigenvalue weighted by Crippen LogP contribution is 2.24. The first-order chi connectivity index (χ1) is 16.5. The van der Waals surface area contributed by atoms with Crippen molar-refractivity contribution >= 4 is 28.7 Å². The van der Waals surface area contributed by atoms with Gasteiger partial charge >= 0.3 is 5.97 Å². The number of carboxylic acid groups (broad SMARTS) is 1. The van der Waals surface area contributed by atoms with E-state index in [4.69, 9.17) is 0 Å². The molecule has 0 spiro atoms. The summed E-state index contributed by atoms with van der Waals surface area (Å²) in [5, 5.41) is 16.6. The normalized spacial score (nSPS) is 20.1. The number of nitrogens with one attached hydrogen (secondary N) is 2. The number of carbonyl (C=O) groups is 3. The van der Waals surface area contributed by atoms with E-state index in [1.165, 1.54) is 0 Å². The molecule has 1 aromatic heterocycles. The van der Waals surface area contributed by atoms with Gasteiger partial charge in [0, 0.05) is 31.1 Å². The number of hydrogen-bond acceptors (Lipinski definition) is 5. The van der Waals surface area contributed by atoms with E-state index in [1.807, 2.05) is 35.2 Å². The summed E-state index contributed by atoms with van der Waals surface area (Å²) in [6.07, 6.45) is 6.55. The zero-order chi connectivity index (χ0) is 23.9. The Morgan fingerprint density at radius 3 is 2.76 bits per heavy atom. The van der Waals surface area contributed by atoms with Crippen molar-refractivity contribution in [3.63, 3.8) is 0 Å². The van der Waals surface area contributed by atoms with E-state index in [0.717, 1.165) is 49.7 Å². The predicted octanol–water partition coefficient (Wildman–Crippen LogP) is 2.89. The highest BCUT2D eigenvalue weighted by molar-refractivity contribution is 5.83. The molecule has 182 valence electrons. The lowest BCUT2D eigenvalue weighted by molar-refractivity contribution is -0.138. The van der Waals surface area contributed by atoms with Crippen molar-refractivity contribution < 1.29 is 19.5 Å². The fourth-order valence-electron chi connectivity index (χ4n) is 5.07. The number of hydrogen-bond donors (Lipinski definition) is 3. The number of piperidine rings is 2. The second-order valence-electron chi connectivity index (χ2n) is 9.53. The molecule has 2 atom stereocenters. The van der Waals surface area contributed by atoms with Crippen molar-refractivity contribution in [3.05, 3.63) is 42.1 Å². The third-order valence-corrected chi connectivity index (χ3v) is 7.08. The van der Waals surface area contributed by atoms with Crippen LogP contribution in [-0.4, -0.2) is 59.0 Å². The molecular weight excluding hydrogens is 432 g/mol. The Morgan fingerprint density at radius 1 is 1.18 bits per heavy atom. The van der Waals surface area contributed by atoms with Gasteiger partial charge in [-0.05, 0) is 68.8 Å². The fourth-order valence-corrected chi connectivity index (χ4v) is 5.07. The second-order valence-corrected chi connectivity index (χ2v) is 9.53. The Balaban J connectivity index is 1.37. The van der Waals surface area contributed by atoms with Gasteiger partial charge in [-0.3, -0.25) is 19.4 Å². The van der Waals surface area contributed by atoms with Gasteiger partial charge in [-0.1, -0.05) is 18.2 Å². The molecule has 4 rings (SSSR count). The van der Waals surface area contributed by atoms with Crippen molar-refractivity contribution in [1.82, 2.24) is 20.5 Å². The van der Waals surface area contributed by atoms with Crippen LogP contribution in [0.15, 0.2) is 36.5 Å². The summed E-state index contributed by atoms with van der Waals surface area (Å²) in [5.41, 5.74) is 1.48. The summed E-state index contributed by atoms with van der Waals surface area (Å²) in [6, 6.07) is 8.81. The molecule has 1 aromatic carbocycles. The van der Waals surface area contributed by atoms with Crippen molar-refractivity contribution in [2.45, 2.75) is 51.0 Å². The van der Waals surface area contributed by atoms with E-state index in [1.54, 1.807) is 6.20 Å². The highest BCUT2D eigenvalue weighted by Gasteiger charge is 2.30. The van der Waals surface area contributed by atoms with Crippen LogP contribution in [0.2, 0.25) is 0 Å². The van der Waals surface area contributed by atoms with E-state index in [9.17, 15) is 19.5 Å². The number of carboxylic acids is 1. The molecule has 0 unspecified atom stereocenters. The average molecular weight is 467 g/mol. The van der Waals surface area contributed by atoms with Crippen LogP contribution < -0.4 is 10.6 Å². The largest absolute Gasteiger partial charge is 0.481 e. The molecule has 2 amide bonds. The third-order valence-electron chi connectivity index (χ3n) is 7.08. The quantitative estimate of drug-likeness (QED) is 0.552. The highest BCUT2D eigenvalue weighted by atomic mass is 16.4. The molecule has 0 saturated carbocycles. The molecule has 2 fully saturated rings. The maximum atomic E-state index is 13.1. The van der Waals surface area contributed by atoms with Crippen LogP contribution in [0.5, 0.6) is 0 Å². The summed E-state index contributed by atoms with van der Waals surface area (Å²) in [7, 11) is 0. The SMILES string of the molecule is O=C(O)C[C@@H](NC(=O)[C@@H]1CCCN(C(=O)CCC2CCNCC2)C1)c1cnc2ccccc2c1. The van der Waals surface area contributed by atoms with Gasteiger partial charge in [0.25, 0.3) is 0 Å². The van der Waals surface area contributed by atoms with Crippen LogP contribution in [0.4, 0.5) is 0 Å². The first-order valence-electron chi connectivity index (χ1n) is 12.3. The lowest BCUT2D eigenvalue weighted by Gasteiger charge is -2.33. The zero-order valence-electron chi connectivity index (χ0n) is 19.5. The fraction of sp³-hybridized carbons (Fsp3) is 0.538. The van der Waals surface area contributed by atoms with Crippen molar-refractivity contribution in [3.8, 4) is 0 Å². The monoisotopic (exact) mass is 466 g/mol. The summed E-state index contributed by atoms with van der Waals surface area (Å²) < 4.78 is 0. The van der Waals surface area contributed by atoms with Gasteiger partial charge in [0.05, 0.1) is 23.9 Å². The summed E-state index contributed by atoms with van der Waals surface area (Å²) in [5.74, 6) is -0.799. The van der Waals surface area contributed by atoms with E-state index in [0.29, 0.717) is 37.4 Å². The van der Waals surface area contributed by atoms with Crippen molar-refractivity contribution in [2.24, 2.45) is 11.8 Å². The van der Waals surface area contributed by atoms with E-state index >= 15 is 0 Å². The molecule has 0 bridgehead atoms. The molecule has 2 aromatic rings. The molecule has 34 heavy (non-hydrogen) atoms. The van der Waals surface area contributed by atoms with Gasteiger partial charge < -0.3 is 20.6 Å². The maximum absolute atomic E-state index is 13.1. The summed E-state index contributed by atoms with van der Waals surface area (Å²) in [6.45, 7) is 3.12. The molecule has 0 aliphatic carbocycles. The van der Waals surface area contributed by atoms with Crippen LogP contribution in [-0.2, 0) is 14.4 Å². The third kappa shape index (κ3) is 6.32. The van der Waals surface area contributed by atoms with Crippen LogP contribution in [0.1, 0.15) is 56.6 Å². The molecule has 8 heteroatoms. The standard InChI is InChI=1S/C26H34N4O4/c31-24(8-7-18-9-11-27-12-10-18)30-13-3-5-20(17-30)26(34)29-23(15-25(32)33)21-14-19-4-1-2-6-22(19)28-16-21/h1-2,4,6,14,16,18,20,23,27H,3,5,7-13,15,17H2,(H,29,34)(H,32,33)/t20-,23-/m1/s1. The number of fused-ring (bicyclic) bond motifs is 1. The second kappa shape index (κ2) is 11.4. The number of amides is 2. The van der Waals surface area contributed by atoms with Gasteiger partial charge in [0.2, 0.25) is 11.8 Å². The Hall–Kier alpha value is -3.00. The number of pyridine rings is 1. The molecule has 2 aliphatic rings. The smallest absolute Gasteiger partial charge is 0.305 e. The number of rotatable bonds is 8. The number of benzene rings is 1. The lowest BCUT2D eigenvalue weighted by Crippen LogP contribution is -2.46. The number of nitrogens with zero attached hydrogens (tertiary/aromatic N) is 2. The minimum absolute atomic E-state index is 0.122. The summed E-state index contributed by atoms with van der Waals surface area (Å²) in [4.78, 5) is 43.7. The average Bonchev–Trinajstić information content (AvgIpc) is 2.87. The molecule has 3 N–H and O–H groups in total. The topological polar surface area (TPSA) is 112 Å². The van der Waals surface area contributed by atoms with Crippen LogP contribution in [0.25, 0.3) is 10.9 Å². The lowest BCUT2D eigenvalue weighted by atomic mass is 9.92. The van der Waals surface area contributed by atoms with E-state index in [-0.39, 0.29) is 24.2 Å².